The summed E-state index contributed by atoms with van der Waals surface area (Å²) in [5, 5.41) is 25.3. The summed E-state index contributed by atoms with van der Waals surface area (Å²) < 4.78 is 5.44. The van der Waals surface area contributed by atoms with E-state index in [0.29, 0.717) is 17.0 Å². The van der Waals surface area contributed by atoms with Gasteiger partial charge in [-0.05, 0) is 24.5 Å². The SMILES string of the molecule is COc1ccc([N+](=O)[O-])c2c1NC(c1ccccc1O)C1CC=CC21. The van der Waals surface area contributed by atoms with Gasteiger partial charge in [-0.2, -0.15) is 0 Å². The molecule has 0 radical (unpaired) electrons. The van der Waals surface area contributed by atoms with E-state index in [4.69, 9.17) is 4.74 Å². The first-order chi connectivity index (χ1) is 12.1. The Labute approximate surface area is 144 Å². The van der Waals surface area contributed by atoms with E-state index in [9.17, 15) is 15.2 Å². The molecule has 1 heterocycles. The summed E-state index contributed by atoms with van der Waals surface area (Å²) in [4.78, 5) is 11.2. The van der Waals surface area contributed by atoms with Crippen molar-refractivity contribution in [1.29, 1.82) is 0 Å². The maximum atomic E-state index is 11.5. The lowest BCUT2D eigenvalue weighted by Crippen LogP contribution is -2.30. The molecule has 0 amide bonds. The summed E-state index contributed by atoms with van der Waals surface area (Å²) in [5.74, 6) is 0.807. The number of allylic oxidation sites excluding steroid dienone is 2. The number of rotatable bonds is 3. The van der Waals surface area contributed by atoms with Crippen molar-refractivity contribution in [2.75, 3.05) is 12.4 Å². The number of nitrogens with zero attached hydrogens (tertiary/aromatic N) is 1. The molecule has 1 aliphatic heterocycles. The minimum Gasteiger partial charge on any atom is -0.508 e. The van der Waals surface area contributed by atoms with Crippen molar-refractivity contribution in [3.05, 3.63) is 69.8 Å². The van der Waals surface area contributed by atoms with E-state index in [1.54, 1.807) is 25.3 Å². The van der Waals surface area contributed by atoms with Gasteiger partial charge in [0.15, 0.2) is 0 Å². The molecule has 2 aromatic rings. The molecule has 2 aromatic carbocycles. The standard InChI is InChI=1S/C19H18N2O4/c1-25-16-10-9-14(21(23)24)17-11-6-4-7-12(11)18(20-19(16)17)13-5-2-3-8-15(13)22/h2-6,8-12,18,20,22H,7H2,1H3. The molecule has 2 N–H and O–H groups in total. The van der Waals surface area contributed by atoms with Gasteiger partial charge in [-0.25, -0.2) is 0 Å². The highest BCUT2D eigenvalue weighted by atomic mass is 16.6. The fraction of sp³-hybridized carbons (Fsp3) is 0.263. The average molecular weight is 338 g/mol. The third-order valence-corrected chi connectivity index (χ3v) is 5.15. The van der Waals surface area contributed by atoms with E-state index >= 15 is 0 Å². The van der Waals surface area contributed by atoms with Crippen LogP contribution in [0.4, 0.5) is 11.4 Å². The molecule has 2 aliphatic rings. The van der Waals surface area contributed by atoms with Crippen LogP contribution < -0.4 is 10.1 Å². The van der Waals surface area contributed by atoms with Gasteiger partial charge in [0.1, 0.15) is 11.5 Å². The van der Waals surface area contributed by atoms with Gasteiger partial charge >= 0.3 is 0 Å². The minimum atomic E-state index is -0.344. The van der Waals surface area contributed by atoms with Gasteiger partial charge in [0, 0.05) is 17.5 Å². The third kappa shape index (κ3) is 2.33. The van der Waals surface area contributed by atoms with Crippen LogP contribution in [-0.4, -0.2) is 17.1 Å². The molecule has 0 fully saturated rings. The number of hydrogen-bond donors (Lipinski definition) is 2. The van der Waals surface area contributed by atoms with Gasteiger partial charge in [0.25, 0.3) is 5.69 Å². The third-order valence-electron chi connectivity index (χ3n) is 5.15. The normalized spacial score (nSPS) is 23.5. The molecule has 6 heteroatoms. The quantitative estimate of drug-likeness (QED) is 0.499. The smallest absolute Gasteiger partial charge is 0.275 e. The molecule has 0 spiro atoms. The molecule has 128 valence electrons. The Kier molecular flexibility index (Phi) is 3.60. The monoisotopic (exact) mass is 338 g/mol. The number of fused-ring (bicyclic) bond motifs is 3. The summed E-state index contributed by atoms with van der Waals surface area (Å²) in [6, 6.07) is 10.2. The fourth-order valence-corrected chi connectivity index (χ4v) is 4.05. The van der Waals surface area contributed by atoms with E-state index in [1.165, 1.54) is 6.07 Å². The number of phenols is 1. The largest absolute Gasteiger partial charge is 0.508 e. The number of para-hydroxylation sites is 1. The highest BCUT2D eigenvalue weighted by molar-refractivity contribution is 5.74. The molecule has 1 aliphatic carbocycles. The van der Waals surface area contributed by atoms with Crippen molar-refractivity contribution >= 4 is 11.4 Å². The van der Waals surface area contributed by atoms with Gasteiger partial charge < -0.3 is 15.2 Å². The highest BCUT2D eigenvalue weighted by Crippen LogP contribution is 2.55. The number of phenolic OH excluding ortho intramolecular Hbond substituents is 1. The van der Waals surface area contributed by atoms with Crippen molar-refractivity contribution in [2.45, 2.75) is 18.4 Å². The molecule has 3 atom stereocenters. The maximum absolute atomic E-state index is 11.5. The van der Waals surface area contributed by atoms with Crippen LogP contribution >= 0.6 is 0 Å². The van der Waals surface area contributed by atoms with Crippen molar-refractivity contribution < 1.29 is 14.8 Å². The second-order valence-electron chi connectivity index (χ2n) is 6.37. The molecule has 4 rings (SSSR count). The topological polar surface area (TPSA) is 84.6 Å². The molecule has 0 bridgehead atoms. The fourth-order valence-electron chi connectivity index (χ4n) is 4.05. The molecule has 0 saturated heterocycles. The number of aromatic hydroxyl groups is 1. The zero-order valence-corrected chi connectivity index (χ0v) is 13.7. The predicted molar refractivity (Wildman–Crippen MR) is 94.1 cm³/mol. The first kappa shape index (κ1) is 15.5. The Balaban J connectivity index is 1.91. The molecule has 3 unspecified atom stereocenters. The Morgan fingerprint density at radius 1 is 1.28 bits per heavy atom. The van der Waals surface area contributed by atoms with Crippen LogP contribution in [0.3, 0.4) is 0 Å². The number of anilines is 1. The Hall–Kier alpha value is -3.02. The first-order valence-corrected chi connectivity index (χ1v) is 8.18. The van der Waals surface area contributed by atoms with E-state index < -0.39 is 0 Å². The zero-order chi connectivity index (χ0) is 17.6. The number of ether oxygens (including phenoxy) is 1. The highest BCUT2D eigenvalue weighted by Gasteiger charge is 2.43. The second kappa shape index (κ2) is 5.81. The summed E-state index contributed by atoms with van der Waals surface area (Å²) in [5.41, 5.74) is 2.19. The Bertz CT molecular complexity index is 878. The molecule has 6 nitrogen and oxygen atoms in total. The Morgan fingerprint density at radius 3 is 2.80 bits per heavy atom. The van der Waals surface area contributed by atoms with Gasteiger partial charge in [0.2, 0.25) is 0 Å². The minimum absolute atomic E-state index is 0.0867. The van der Waals surface area contributed by atoms with Crippen LogP contribution in [0.2, 0.25) is 0 Å². The molecular weight excluding hydrogens is 320 g/mol. The van der Waals surface area contributed by atoms with E-state index in [2.05, 4.69) is 11.4 Å². The van der Waals surface area contributed by atoms with Gasteiger partial charge in [-0.3, -0.25) is 10.1 Å². The van der Waals surface area contributed by atoms with E-state index in [-0.39, 0.29) is 34.2 Å². The van der Waals surface area contributed by atoms with E-state index in [0.717, 1.165) is 12.0 Å². The summed E-state index contributed by atoms with van der Waals surface area (Å²) in [7, 11) is 1.55. The lowest BCUT2D eigenvalue weighted by Gasteiger charge is -2.37. The maximum Gasteiger partial charge on any atom is 0.275 e. The van der Waals surface area contributed by atoms with Crippen molar-refractivity contribution in [3.63, 3.8) is 0 Å². The second-order valence-corrected chi connectivity index (χ2v) is 6.37. The van der Waals surface area contributed by atoms with Crippen molar-refractivity contribution in [3.8, 4) is 11.5 Å². The van der Waals surface area contributed by atoms with Crippen LogP contribution in [0.5, 0.6) is 11.5 Å². The number of benzene rings is 2. The van der Waals surface area contributed by atoms with Gasteiger partial charge in [0.05, 0.1) is 29.3 Å². The molecular formula is C19H18N2O4. The number of nitrogens with one attached hydrogen (secondary N) is 1. The number of nitro benzene ring substituents is 1. The lowest BCUT2D eigenvalue weighted by atomic mass is 9.76. The summed E-state index contributed by atoms with van der Waals surface area (Å²) >= 11 is 0. The number of methoxy groups -OCH3 is 1. The molecule has 25 heavy (non-hydrogen) atoms. The van der Waals surface area contributed by atoms with Gasteiger partial charge in [-0.15, -0.1) is 0 Å². The molecule has 0 saturated carbocycles. The summed E-state index contributed by atoms with van der Waals surface area (Å²) in [6.45, 7) is 0. The van der Waals surface area contributed by atoms with Crippen LogP contribution in [0, 0.1) is 16.0 Å². The zero-order valence-electron chi connectivity index (χ0n) is 13.7. The number of hydrogen-bond acceptors (Lipinski definition) is 5. The van der Waals surface area contributed by atoms with Gasteiger partial charge in [-0.1, -0.05) is 30.4 Å². The predicted octanol–water partition coefficient (Wildman–Crippen LogP) is 4.14. The van der Waals surface area contributed by atoms with Crippen LogP contribution in [0.15, 0.2) is 48.6 Å². The van der Waals surface area contributed by atoms with Crippen LogP contribution in [-0.2, 0) is 0 Å². The lowest BCUT2D eigenvalue weighted by molar-refractivity contribution is -0.385. The first-order valence-electron chi connectivity index (χ1n) is 8.18. The van der Waals surface area contributed by atoms with E-state index in [1.807, 2.05) is 18.2 Å². The van der Waals surface area contributed by atoms with Crippen LogP contribution in [0.1, 0.15) is 29.5 Å². The number of nitro groups is 1. The summed E-state index contributed by atoms with van der Waals surface area (Å²) in [6.07, 6.45) is 4.89. The molecule has 0 aromatic heterocycles. The van der Waals surface area contributed by atoms with Crippen LogP contribution in [0.25, 0.3) is 0 Å². The van der Waals surface area contributed by atoms with Crippen molar-refractivity contribution in [1.82, 2.24) is 0 Å². The average Bonchev–Trinajstić information content (AvgIpc) is 3.10. The Morgan fingerprint density at radius 2 is 2.08 bits per heavy atom. The van der Waals surface area contributed by atoms with Crippen molar-refractivity contribution in [2.24, 2.45) is 5.92 Å².